The van der Waals surface area contributed by atoms with Crippen molar-refractivity contribution in [2.45, 2.75) is 19.5 Å². The summed E-state index contributed by atoms with van der Waals surface area (Å²) in [5, 5.41) is 8.90. The van der Waals surface area contributed by atoms with Gasteiger partial charge in [-0.25, -0.2) is 18.5 Å². The van der Waals surface area contributed by atoms with Crippen LogP contribution in [0.4, 0.5) is 17.6 Å². The van der Waals surface area contributed by atoms with Crippen molar-refractivity contribution < 1.29 is 36.9 Å². The number of halogens is 5. The predicted octanol–water partition coefficient (Wildman–Crippen LogP) is 3.12. The lowest BCUT2D eigenvalue weighted by Crippen LogP contribution is -2.41. The molecule has 174 valence electrons. The lowest BCUT2D eigenvalue weighted by atomic mass is 10.2. The van der Waals surface area contributed by atoms with Gasteiger partial charge in [0.15, 0.2) is 0 Å². The van der Waals surface area contributed by atoms with E-state index in [1.54, 1.807) is 6.92 Å². The third-order valence-corrected chi connectivity index (χ3v) is 4.70. The summed E-state index contributed by atoms with van der Waals surface area (Å²) in [6, 6.07) is 1.69. The third-order valence-electron chi connectivity index (χ3n) is 4.41. The van der Waals surface area contributed by atoms with E-state index >= 15 is 0 Å². The molecule has 1 heterocycles. The van der Waals surface area contributed by atoms with Crippen molar-refractivity contribution in [3.63, 3.8) is 0 Å². The van der Waals surface area contributed by atoms with Gasteiger partial charge in [0.2, 0.25) is 0 Å². The van der Waals surface area contributed by atoms with Crippen LogP contribution in [0, 0.1) is 5.82 Å². The zero-order chi connectivity index (χ0) is 24.4. The number of benzene rings is 1. The molecule has 13 heteroatoms. The molecule has 1 aromatic heterocycles. The monoisotopic (exact) mass is 480 g/mol. The number of methoxy groups -OCH3 is 1. The summed E-state index contributed by atoms with van der Waals surface area (Å²) in [6.45, 7) is 1.12. The van der Waals surface area contributed by atoms with E-state index in [0.717, 1.165) is 13.1 Å². The van der Waals surface area contributed by atoms with Gasteiger partial charge in [0.25, 0.3) is 5.56 Å². The highest BCUT2D eigenvalue weighted by molar-refractivity contribution is 6.32. The van der Waals surface area contributed by atoms with E-state index in [0.29, 0.717) is 6.07 Å². The fraction of sp³-hybridized carbons (Fsp3) is 0.316. The number of ether oxygens (including phenoxy) is 2. The van der Waals surface area contributed by atoms with Gasteiger partial charge in [0.1, 0.15) is 29.6 Å². The number of hydrogen-bond acceptors (Lipinski definition) is 5. The molecule has 2 aromatic rings. The molecular weight excluding hydrogens is 464 g/mol. The molecule has 1 N–H and O–H groups in total. The molecule has 1 aromatic carbocycles. The van der Waals surface area contributed by atoms with Crippen LogP contribution >= 0.6 is 11.6 Å². The normalized spacial score (nSPS) is 12.4. The van der Waals surface area contributed by atoms with Crippen molar-refractivity contribution >= 4 is 17.6 Å². The number of hydrogen-bond donors (Lipinski definition) is 1. The van der Waals surface area contributed by atoms with Gasteiger partial charge in [-0.15, -0.1) is 0 Å². The summed E-state index contributed by atoms with van der Waals surface area (Å²) in [7, 11) is 1.99. The summed E-state index contributed by atoms with van der Waals surface area (Å²) >= 11 is 5.93. The molecule has 2 rings (SSSR count). The summed E-state index contributed by atoms with van der Waals surface area (Å²) in [5.74, 6) is -2.76. The van der Waals surface area contributed by atoms with Gasteiger partial charge in [-0.05, 0) is 12.5 Å². The molecule has 0 aliphatic rings. The Bertz CT molecular complexity index is 1200. The van der Waals surface area contributed by atoms with Crippen LogP contribution in [0.15, 0.2) is 39.1 Å². The van der Waals surface area contributed by atoms with Gasteiger partial charge in [-0.3, -0.25) is 9.36 Å². The maximum Gasteiger partial charge on any atom is 0.431 e. The highest BCUT2D eigenvalue weighted by atomic mass is 35.5. The van der Waals surface area contributed by atoms with Gasteiger partial charge in [0, 0.05) is 19.2 Å². The number of aliphatic carboxylic acids is 1. The van der Waals surface area contributed by atoms with Crippen LogP contribution < -0.4 is 16.0 Å². The molecule has 0 atom stereocenters. The third kappa shape index (κ3) is 4.96. The molecule has 0 radical (unpaired) electrons. The molecule has 8 nitrogen and oxygen atoms in total. The SMILES string of the molecule is CCC(C(=O)O)=C(COc1cc(-n2c(=O)cc(C(F)(F)F)n(C)c2=O)c(F)cc1Cl)OC. The quantitative estimate of drug-likeness (QED) is 0.371. The molecule has 0 saturated heterocycles. The number of alkyl halides is 3. The number of nitrogens with zero attached hydrogens (tertiary/aromatic N) is 2. The van der Waals surface area contributed by atoms with E-state index in [9.17, 15) is 37.1 Å². The van der Waals surface area contributed by atoms with Crippen LogP contribution in [-0.2, 0) is 22.8 Å². The van der Waals surface area contributed by atoms with E-state index < -0.39 is 47.2 Å². The van der Waals surface area contributed by atoms with Gasteiger partial charge >= 0.3 is 17.8 Å². The maximum absolute atomic E-state index is 14.5. The summed E-state index contributed by atoms with van der Waals surface area (Å²) in [5.41, 5.74) is -5.19. The first-order valence-corrected chi connectivity index (χ1v) is 9.23. The fourth-order valence-corrected chi connectivity index (χ4v) is 3.00. The zero-order valence-electron chi connectivity index (χ0n) is 16.9. The molecular formula is C19H17ClF4N2O6. The minimum atomic E-state index is -4.98. The smallest absolute Gasteiger partial charge is 0.431 e. The molecule has 0 spiro atoms. The molecule has 0 saturated carbocycles. The van der Waals surface area contributed by atoms with Crippen molar-refractivity contribution in [3.8, 4) is 11.4 Å². The van der Waals surface area contributed by atoms with E-state index in [4.69, 9.17) is 21.1 Å². The van der Waals surface area contributed by atoms with Crippen LogP contribution in [0.5, 0.6) is 5.75 Å². The Labute approximate surface area is 182 Å². The number of carbonyl (C=O) groups is 1. The first kappa shape index (κ1) is 25.0. The second-order valence-electron chi connectivity index (χ2n) is 6.33. The summed E-state index contributed by atoms with van der Waals surface area (Å²) in [6.07, 6.45) is -4.88. The Morgan fingerprint density at radius 3 is 2.34 bits per heavy atom. The minimum Gasteiger partial charge on any atom is -0.497 e. The second-order valence-corrected chi connectivity index (χ2v) is 6.74. The minimum absolute atomic E-state index is 0.0652. The van der Waals surface area contributed by atoms with Crippen molar-refractivity contribution in [2.24, 2.45) is 7.05 Å². The van der Waals surface area contributed by atoms with Crippen LogP contribution in [0.1, 0.15) is 19.0 Å². The van der Waals surface area contributed by atoms with E-state index in [-0.39, 0.29) is 43.7 Å². The van der Waals surface area contributed by atoms with E-state index in [1.807, 2.05) is 0 Å². The van der Waals surface area contributed by atoms with Crippen LogP contribution in [0.2, 0.25) is 5.02 Å². The largest absolute Gasteiger partial charge is 0.497 e. The molecule has 0 aliphatic carbocycles. The highest BCUT2D eigenvalue weighted by Gasteiger charge is 2.35. The zero-order valence-corrected chi connectivity index (χ0v) is 17.7. The molecule has 0 bridgehead atoms. The Balaban J connectivity index is 2.60. The van der Waals surface area contributed by atoms with Crippen LogP contribution in [0.25, 0.3) is 5.69 Å². The standard InChI is InChI=1S/C19H17ClF4N2O6/c1-4-9(17(28)29)14(31-3)8-32-13-6-12(11(21)5-10(13)20)26-16(27)7-15(19(22,23)24)25(2)18(26)30/h5-7H,4,8H2,1-3H3,(H,28,29). The average Bonchev–Trinajstić information content (AvgIpc) is 2.69. The Morgan fingerprint density at radius 2 is 1.84 bits per heavy atom. The second kappa shape index (κ2) is 9.47. The number of carboxylic acid groups (broad SMARTS) is 1. The van der Waals surface area contributed by atoms with Crippen molar-refractivity contribution in [1.82, 2.24) is 9.13 Å². The lowest BCUT2D eigenvalue weighted by molar-refractivity contribution is -0.144. The molecule has 0 fully saturated rings. The van der Waals surface area contributed by atoms with Crippen molar-refractivity contribution in [3.05, 3.63) is 66.9 Å². The van der Waals surface area contributed by atoms with Gasteiger partial charge in [0.05, 0.1) is 23.4 Å². The molecule has 0 amide bonds. The Morgan fingerprint density at radius 1 is 1.22 bits per heavy atom. The van der Waals surface area contributed by atoms with E-state index in [1.165, 1.54) is 7.11 Å². The predicted molar refractivity (Wildman–Crippen MR) is 105 cm³/mol. The highest BCUT2D eigenvalue weighted by Crippen LogP contribution is 2.30. The Kier molecular flexibility index (Phi) is 7.39. The van der Waals surface area contributed by atoms with Gasteiger partial charge in [-0.1, -0.05) is 18.5 Å². The fourth-order valence-electron chi connectivity index (χ4n) is 2.80. The lowest BCUT2D eigenvalue weighted by Gasteiger charge is -2.16. The van der Waals surface area contributed by atoms with Crippen molar-refractivity contribution in [2.75, 3.05) is 13.7 Å². The number of carboxylic acids is 1. The topological polar surface area (TPSA) is 99.8 Å². The van der Waals surface area contributed by atoms with Gasteiger partial charge < -0.3 is 14.6 Å². The van der Waals surface area contributed by atoms with E-state index in [2.05, 4.69) is 0 Å². The number of aromatic nitrogens is 2. The Hall–Kier alpha value is -3.28. The van der Waals surface area contributed by atoms with Crippen LogP contribution in [-0.4, -0.2) is 33.9 Å². The number of rotatable bonds is 7. The van der Waals surface area contributed by atoms with Gasteiger partial charge in [-0.2, -0.15) is 13.2 Å². The first-order valence-electron chi connectivity index (χ1n) is 8.85. The van der Waals surface area contributed by atoms with Crippen molar-refractivity contribution in [1.29, 1.82) is 0 Å². The first-order chi connectivity index (χ1) is 14.8. The average molecular weight is 481 g/mol. The molecule has 0 unspecified atom stereocenters. The molecule has 0 aliphatic heterocycles. The molecule has 32 heavy (non-hydrogen) atoms. The summed E-state index contributed by atoms with van der Waals surface area (Å²) in [4.78, 5) is 35.9. The summed E-state index contributed by atoms with van der Waals surface area (Å²) < 4.78 is 64.3. The van der Waals surface area contributed by atoms with Crippen LogP contribution in [0.3, 0.4) is 0 Å². The maximum atomic E-state index is 14.5.